The molecule has 0 unspecified atom stereocenters. The molecule has 1 aromatic carbocycles. The average Bonchev–Trinajstić information content (AvgIpc) is 2.63. The van der Waals surface area contributed by atoms with Crippen molar-refractivity contribution < 1.29 is 23.8 Å². The zero-order valence-corrected chi connectivity index (χ0v) is 15.2. The van der Waals surface area contributed by atoms with Gasteiger partial charge >= 0.3 is 0 Å². The first-order valence-electron chi connectivity index (χ1n) is 9.60. The Morgan fingerprint density at radius 2 is 1.69 bits per heavy atom. The van der Waals surface area contributed by atoms with Gasteiger partial charge in [0.15, 0.2) is 13.1 Å². The molecule has 142 valence electrons. The lowest BCUT2D eigenvalue weighted by atomic mass is 10.1. The van der Waals surface area contributed by atoms with Crippen LogP contribution in [0.3, 0.4) is 0 Å². The van der Waals surface area contributed by atoms with Crippen LogP contribution in [0.5, 0.6) is 0 Å². The summed E-state index contributed by atoms with van der Waals surface area (Å²) in [6.45, 7) is 6.12. The largest absolute Gasteiger partial charge is 0.327 e. The van der Waals surface area contributed by atoms with Gasteiger partial charge < -0.3 is 20.0 Å². The van der Waals surface area contributed by atoms with Crippen molar-refractivity contribution in [2.75, 3.05) is 57.7 Å². The molecule has 2 aliphatic heterocycles. The molecular weight excluding hydrogens is 335 g/mol. The Morgan fingerprint density at radius 1 is 1.00 bits per heavy atom. The number of hydrogen-bond acceptors (Lipinski definition) is 2. The number of hydrogen-bond donors (Lipinski definition) is 3. The Hall–Kier alpha value is -1.99. The maximum Gasteiger partial charge on any atom is 0.279 e. The first-order valence-corrected chi connectivity index (χ1v) is 9.60. The molecule has 7 heteroatoms. The van der Waals surface area contributed by atoms with Gasteiger partial charge in [0.25, 0.3) is 11.8 Å². The molecule has 0 aromatic heterocycles. The molecule has 0 radical (unpaired) electrons. The Balaban J connectivity index is 1.39. The van der Waals surface area contributed by atoms with Crippen LogP contribution in [-0.2, 0) is 9.59 Å². The second-order valence-electron chi connectivity index (χ2n) is 7.35. The van der Waals surface area contributed by atoms with Crippen LogP contribution in [0.2, 0.25) is 0 Å². The van der Waals surface area contributed by atoms with Crippen molar-refractivity contribution in [2.45, 2.75) is 19.3 Å². The zero-order chi connectivity index (χ0) is 18.4. The number of quaternary nitrogens is 2. The zero-order valence-electron chi connectivity index (χ0n) is 15.2. The van der Waals surface area contributed by atoms with Crippen molar-refractivity contribution in [1.82, 2.24) is 4.90 Å². The van der Waals surface area contributed by atoms with E-state index in [4.69, 9.17) is 0 Å². The molecule has 0 saturated carbocycles. The van der Waals surface area contributed by atoms with Crippen LogP contribution in [0.1, 0.15) is 19.3 Å². The molecule has 6 nitrogen and oxygen atoms in total. The predicted molar refractivity (Wildman–Crippen MR) is 96.6 cm³/mol. The smallest absolute Gasteiger partial charge is 0.279 e. The number of likely N-dealkylation sites (tertiary alicyclic amines) is 1. The van der Waals surface area contributed by atoms with Crippen LogP contribution in [0.4, 0.5) is 10.1 Å². The van der Waals surface area contributed by atoms with E-state index in [0.717, 1.165) is 31.1 Å². The average molecular weight is 364 g/mol. The Kier molecular flexibility index (Phi) is 6.57. The van der Waals surface area contributed by atoms with Gasteiger partial charge in [-0.05, 0) is 37.5 Å². The van der Waals surface area contributed by atoms with Crippen LogP contribution in [0, 0.1) is 5.82 Å². The summed E-state index contributed by atoms with van der Waals surface area (Å²) < 4.78 is 13.2. The SMILES string of the molecule is O=C(C[NH+]1CCN(C(=O)C[NH+]2CCCCC2)CC1)Nc1cccc(F)c1. The third-order valence-electron chi connectivity index (χ3n) is 5.30. The molecule has 2 heterocycles. The van der Waals surface area contributed by atoms with E-state index in [1.807, 2.05) is 4.90 Å². The molecule has 26 heavy (non-hydrogen) atoms. The third kappa shape index (κ3) is 5.51. The minimum absolute atomic E-state index is 0.122. The first-order chi connectivity index (χ1) is 12.6. The molecule has 2 saturated heterocycles. The number of amides is 2. The molecule has 3 rings (SSSR count). The summed E-state index contributed by atoms with van der Waals surface area (Å²) in [5.41, 5.74) is 0.479. The number of piperidine rings is 1. The van der Waals surface area contributed by atoms with Crippen LogP contribution in [0.15, 0.2) is 24.3 Å². The standard InChI is InChI=1S/C19H27FN4O2/c20-16-5-4-6-17(13-16)21-18(25)14-23-9-11-24(12-10-23)19(26)15-22-7-2-1-3-8-22/h4-6,13H,1-3,7-12,14-15H2,(H,21,25)/p+2. The summed E-state index contributed by atoms with van der Waals surface area (Å²) in [5, 5.41) is 2.73. The van der Waals surface area contributed by atoms with Gasteiger partial charge in [0.1, 0.15) is 5.82 Å². The Labute approximate surface area is 153 Å². The van der Waals surface area contributed by atoms with Gasteiger partial charge in [-0.2, -0.15) is 0 Å². The number of benzene rings is 1. The van der Waals surface area contributed by atoms with Crippen molar-refractivity contribution in [3.8, 4) is 0 Å². The van der Waals surface area contributed by atoms with Gasteiger partial charge in [-0.1, -0.05) is 6.07 Å². The lowest BCUT2D eigenvalue weighted by Crippen LogP contribution is -3.16. The fraction of sp³-hybridized carbons (Fsp3) is 0.579. The van der Waals surface area contributed by atoms with E-state index in [0.29, 0.717) is 31.9 Å². The maximum absolute atomic E-state index is 13.2. The van der Waals surface area contributed by atoms with Gasteiger partial charge in [0.2, 0.25) is 0 Å². The summed E-state index contributed by atoms with van der Waals surface area (Å²) in [7, 11) is 0. The highest BCUT2D eigenvalue weighted by atomic mass is 19.1. The van der Waals surface area contributed by atoms with E-state index in [1.54, 1.807) is 12.1 Å². The van der Waals surface area contributed by atoms with Gasteiger partial charge in [-0.3, -0.25) is 9.59 Å². The number of rotatable bonds is 5. The van der Waals surface area contributed by atoms with Crippen molar-refractivity contribution >= 4 is 17.5 Å². The lowest BCUT2D eigenvalue weighted by molar-refractivity contribution is -0.899. The van der Waals surface area contributed by atoms with E-state index in [2.05, 4.69) is 5.32 Å². The molecule has 0 bridgehead atoms. The summed E-state index contributed by atoms with van der Waals surface area (Å²) in [6.07, 6.45) is 3.74. The number of nitrogens with one attached hydrogen (secondary N) is 3. The van der Waals surface area contributed by atoms with Crippen LogP contribution >= 0.6 is 0 Å². The number of carbonyl (C=O) groups is 2. The number of nitrogens with zero attached hydrogens (tertiary/aromatic N) is 1. The van der Waals surface area contributed by atoms with Crippen LogP contribution in [0.25, 0.3) is 0 Å². The second kappa shape index (κ2) is 9.09. The summed E-state index contributed by atoms with van der Waals surface area (Å²) in [6, 6.07) is 5.91. The molecule has 0 spiro atoms. The van der Waals surface area contributed by atoms with E-state index in [1.165, 1.54) is 36.3 Å². The van der Waals surface area contributed by atoms with Gasteiger partial charge in [0.05, 0.1) is 39.3 Å². The fourth-order valence-corrected chi connectivity index (χ4v) is 3.80. The summed E-state index contributed by atoms with van der Waals surface area (Å²) in [5.74, 6) is -0.244. The topological polar surface area (TPSA) is 58.3 Å². The molecule has 0 aliphatic carbocycles. The number of halogens is 1. The van der Waals surface area contributed by atoms with Crippen molar-refractivity contribution in [3.63, 3.8) is 0 Å². The normalized spacial score (nSPS) is 19.3. The highest BCUT2D eigenvalue weighted by molar-refractivity contribution is 5.91. The highest BCUT2D eigenvalue weighted by Crippen LogP contribution is 2.08. The van der Waals surface area contributed by atoms with E-state index < -0.39 is 0 Å². The molecule has 2 aliphatic rings. The quantitative estimate of drug-likeness (QED) is 0.600. The number of piperazine rings is 1. The maximum atomic E-state index is 13.2. The van der Waals surface area contributed by atoms with Crippen molar-refractivity contribution in [1.29, 1.82) is 0 Å². The van der Waals surface area contributed by atoms with Crippen molar-refractivity contribution in [3.05, 3.63) is 30.1 Å². The molecule has 2 fully saturated rings. The van der Waals surface area contributed by atoms with Crippen molar-refractivity contribution in [2.24, 2.45) is 0 Å². The monoisotopic (exact) mass is 364 g/mol. The van der Waals surface area contributed by atoms with Crippen LogP contribution < -0.4 is 15.1 Å². The molecular formula is C19H29FN4O2+2. The highest BCUT2D eigenvalue weighted by Gasteiger charge is 2.27. The lowest BCUT2D eigenvalue weighted by Gasteiger charge is -2.33. The molecule has 2 amide bonds. The number of carbonyl (C=O) groups excluding carboxylic acids is 2. The summed E-state index contributed by atoms with van der Waals surface area (Å²) >= 11 is 0. The molecule has 1 aromatic rings. The van der Waals surface area contributed by atoms with Gasteiger partial charge in [-0.15, -0.1) is 0 Å². The van der Waals surface area contributed by atoms with Gasteiger partial charge in [-0.25, -0.2) is 4.39 Å². The van der Waals surface area contributed by atoms with Crippen LogP contribution in [-0.4, -0.2) is 69.1 Å². The molecule has 0 atom stereocenters. The number of anilines is 1. The minimum Gasteiger partial charge on any atom is -0.327 e. The third-order valence-corrected chi connectivity index (χ3v) is 5.30. The van der Waals surface area contributed by atoms with Gasteiger partial charge in [0, 0.05) is 5.69 Å². The Bertz CT molecular complexity index is 626. The minimum atomic E-state index is -0.363. The van der Waals surface area contributed by atoms with E-state index >= 15 is 0 Å². The Morgan fingerprint density at radius 3 is 2.38 bits per heavy atom. The predicted octanol–water partition coefficient (Wildman–Crippen LogP) is -1.44. The second-order valence-corrected chi connectivity index (χ2v) is 7.35. The van der Waals surface area contributed by atoms with E-state index in [9.17, 15) is 14.0 Å². The molecule has 3 N–H and O–H groups in total. The van der Waals surface area contributed by atoms with E-state index in [-0.39, 0.29) is 17.6 Å². The summed E-state index contributed by atoms with van der Waals surface area (Å²) in [4.78, 5) is 29.1. The fourth-order valence-electron chi connectivity index (χ4n) is 3.80. The first kappa shape index (κ1) is 18.8.